The zero-order chi connectivity index (χ0) is 16.6. The largest absolute Gasteiger partial charge is 0.504 e. The number of fused-ring (bicyclic) bond motifs is 1. The van der Waals surface area contributed by atoms with Gasteiger partial charge in [0.2, 0.25) is 11.5 Å². The molecule has 23 heavy (non-hydrogen) atoms. The Balaban J connectivity index is 1.96. The molecule has 3 rings (SSSR count). The minimum absolute atomic E-state index is 0.0228. The zero-order valence-electron chi connectivity index (χ0n) is 12.9. The van der Waals surface area contributed by atoms with Crippen LogP contribution in [0.4, 0.5) is 0 Å². The monoisotopic (exact) mass is 318 g/mol. The van der Waals surface area contributed by atoms with Crippen molar-refractivity contribution < 1.29 is 29.5 Å². The maximum absolute atomic E-state index is 10.2. The predicted molar refractivity (Wildman–Crippen MR) is 82.9 cm³/mol. The highest BCUT2D eigenvalue weighted by atomic mass is 16.5. The van der Waals surface area contributed by atoms with Crippen LogP contribution in [0, 0.1) is 0 Å². The van der Waals surface area contributed by atoms with E-state index in [1.165, 1.54) is 14.2 Å². The molecule has 1 aliphatic heterocycles. The molecule has 1 unspecified atom stereocenters. The van der Waals surface area contributed by atoms with Crippen LogP contribution < -0.4 is 14.2 Å². The molecule has 0 saturated heterocycles. The van der Waals surface area contributed by atoms with Crippen LogP contribution in [0.1, 0.15) is 17.0 Å². The number of methoxy groups -OCH3 is 2. The molecule has 0 spiro atoms. The van der Waals surface area contributed by atoms with E-state index in [1.54, 1.807) is 24.3 Å². The van der Waals surface area contributed by atoms with Gasteiger partial charge in [0.15, 0.2) is 23.0 Å². The summed E-state index contributed by atoms with van der Waals surface area (Å²) in [6.07, 6.45) is 0.589. The lowest BCUT2D eigenvalue weighted by Crippen LogP contribution is -2.19. The zero-order valence-corrected chi connectivity index (χ0v) is 12.9. The first-order valence-electron chi connectivity index (χ1n) is 7.17. The Morgan fingerprint density at radius 3 is 2.48 bits per heavy atom. The van der Waals surface area contributed by atoms with Crippen LogP contribution in [0.25, 0.3) is 0 Å². The van der Waals surface area contributed by atoms with E-state index in [0.29, 0.717) is 30.1 Å². The van der Waals surface area contributed by atoms with Crippen LogP contribution in [-0.2, 0) is 6.42 Å². The van der Waals surface area contributed by atoms with Gasteiger partial charge in [-0.2, -0.15) is 0 Å². The fourth-order valence-electron chi connectivity index (χ4n) is 2.89. The van der Waals surface area contributed by atoms with Crippen LogP contribution in [0.2, 0.25) is 0 Å². The molecule has 3 N–H and O–H groups in total. The number of rotatable bonds is 3. The predicted octanol–water partition coefficient (Wildman–Crippen LogP) is 2.54. The van der Waals surface area contributed by atoms with Gasteiger partial charge in [0.05, 0.1) is 20.8 Å². The van der Waals surface area contributed by atoms with Crippen molar-refractivity contribution in [2.24, 2.45) is 0 Å². The molecule has 6 nitrogen and oxygen atoms in total. The molecule has 1 aliphatic rings. The molecule has 6 heteroatoms. The number of phenols is 3. The number of hydrogen-bond acceptors (Lipinski definition) is 6. The third-order valence-corrected chi connectivity index (χ3v) is 4.08. The van der Waals surface area contributed by atoms with E-state index >= 15 is 0 Å². The smallest absolute Gasteiger partial charge is 0.203 e. The van der Waals surface area contributed by atoms with Crippen LogP contribution in [0.3, 0.4) is 0 Å². The Morgan fingerprint density at radius 2 is 1.78 bits per heavy atom. The molecular weight excluding hydrogens is 300 g/mol. The van der Waals surface area contributed by atoms with E-state index in [1.807, 2.05) is 0 Å². The molecule has 0 fully saturated rings. The maximum atomic E-state index is 10.2. The molecule has 1 atom stereocenters. The van der Waals surface area contributed by atoms with Crippen molar-refractivity contribution >= 4 is 0 Å². The third-order valence-electron chi connectivity index (χ3n) is 4.08. The molecule has 0 amide bonds. The highest BCUT2D eigenvalue weighted by molar-refractivity contribution is 5.58. The second-order valence-corrected chi connectivity index (χ2v) is 5.37. The molecule has 2 aromatic carbocycles. The Morgan fingerprint density at radius 1 is 1.00 bits per heavy atom. The lowest BCUT2D eigenvalue weighted by Gasteiger charge is -2.27. The second-order valence-electron chi connectivity index (χ2n) is 5.37. The van der Waals surface area contributed by atoms with E-state index in [-0.39, 0.29) is 28.9 Å². The molecule has 0 radical (unpaired) electrons. The first kappa shape index (κ1) is 15.1. The van der Waals surface area contributed by atoms with E-state index in [0.717, 1.165) is 5.56 Å². The minimum Gasteiger partial charge on any atom is -0.504 e. The summed E-state index contributed by atoms with van der Waals surface area (Å²) in [4.78, 5) is 0. The molecule has 122 valence electrons. The summed E-state index contributed by atoms with van der Waals surface area (Å²) >= 11 is 0. The lowest BCUT2D eigenvalue weighted by molar-refractivity contribution is 0.240. The number of ether oxygens (including phenoxy) is 3. The maximum Gasteiger partial charge on any atom is 0.203 e. The summed E-state index contributed by atoms with van der Waals surface area (Å²) in [6.45, 7) is 0.298. The molecule has 0 bridgehead atoms. The summed E-state index contributed by atoms with van der Waals surface area (Å²) in [5, 5.41) is 30.0. The highest BCUT2D eigenvalue weighted by Gasteiger charge is 2.28. The first-order chi connectivity index (χ1) is 11.1. The Bertz CT molecular complexity index is 740. The van der Waals surface area contributed by atoms with Crippen LogP contribution in [-0.4, -0.2) is 36.1 Å². The van der Waals surface area contributed by atoms with Crippen molar-refractivity contribution in [1.82, 2.24) is 0 Å². The summed E-state index contributed by atoms with van der Waals surface area (Å²) in [5.74, 6) is 0.452. The molecule has 0 aliphatic carbocycles. The van der Waals surface area contributed by atoms with Crippen molar-refractivity contribution in [3.8, 4) is 34.5 Å². The van der Waals surface area contributed by atoms with Gasteiger partial charge < -0.3 is 29.5 Å². The van der Waals surface area contributed by atoms with Crippen molar-refractivity contribution in [3.63, 3.8) is 0 Å². The second kappa shape index (κ2) is 5.79. The topological polar surface area (TPSA) is 88.4 Å². The SMILES string of the molecule is COc1ccc(C2COc3c(ccc(O)c3OC)C2)c(O)c1O. The number of phenolic OH excluding ortho intramolecular Hbond substituents is 3. The van der Waals surface area contributed by atoms with Crippen molar-refractivity contribution in [2.75, 3.05) is 20.8 Å². The fraction of sp³-hybridized carbons (Fsp3) is 0.294. The lowest BCUT2D eigenvalue weighted by atomic mass is 9.89. The molecule has 2 aromatic rings. The minimum atomic E-state index is -0.279. The average Bonchev–Trinajstić information content (AvgIpc) is 2.57. The Labute approximate surface area is 133 Å². The summed E-state index contributed by atoms with van der Waals surface area (Å²) < 4.78 is 15.9. The number of hydrogen-bond donors (Lipinski definition) is 3. The van der Waals surface area contributed by atoms with E-state index < -0.39 is 0 Å². The van der Waals surface area contributed by atoms with Gasteiger partial charge in [-0.3, -0.25) is 0 Å². The summed E-state index contributed by atoms with van der Waals surface area (Å²) in [5.41, 5.74) is 1.45. The quantitative estimate of drug-likeness (QED) is 0.754. The van der Waals surface area contributed by atoms with Gasteiger partial charge in [-0.1, -0.05) is 12.1 Å². The van der Waals surface area contributed by atoms with Crippen LogP contribution in [0.5, 0.6) is 34.5 Å². The standard InChI is InChI=1S/C17H18O6/c1-21-13-6-4-11(14(19)15(13)20)10-7-9-3-5-12(18)17(22-2)16(9)23-8-10/h3-6,10,18-20H,7-8H2,1-2H3. The number of benzene rings is 2. The van der Waals surface area contributed by atoms with Gasteiger partial charge in [0.25, 0.3) is 0 Å². The van der Waals surface area contributed by atoms with Crippen molar-refractivity contribution in [1.29, 1.82) is 0 Å². The first-order valence-corrected chi connectivity index (χ1v) is 7.17. The summed E-state index contributed by atoms with van der Waals surface area (Å²) in [7, 11) is 2.89. The average molecular weight is 318 g/mol. The highest BCUT2D eigenvalue weighted by Crippen LogP contribution is 2.47. The van der Waals surface area contributed by atoms with Gasteiger partial charge in [0, 0.05) is 11.5 Å². The fourth-order valence-corrected chi connectivity index (χ4v) is 2.89. The van der Waals surface area contributed by atoms with Crippen LogP contribution in [0.15, 0.2) is 24.3 Å². The molecular formula is C17H18O6. The Hall–Kier alpha value is -2.76. The van der Waals surface area contributed by atoms with Gasteiger partial charge in [-0.25, -0.2) is 0 Å². The summed E-state index contributed by atoms with van der Waals surface area (Å²) in [6, 6.07) is 6.64. The number of aromatic hydroxyl groups is 3. The van der Waals surface area contributed by atoms with Gasteiger partial charge >= 0.3 is 0 Å². The van der Waals surface area contributed by atoms with E-state index in [4.69, 9.17) is 14.2 Å². The van der Waals surface area contributed by atoms with Crippen molar-refractivity contribution in [3.05, 3.63) is 35.4 Å². The van der Waals surface area contributed by atoms with E-state index in [9.17, 15) is 15.3 Å². The van der Waals surface area contributed by atoms with Crippen molar-refractivity contribution in [2.45, 2.75) is 12.3 Å². The molecule has 0 saturated carbocycles. The third kappa shape index (κ3) is 2.46. The van der Waals surface area contributed by atoms with Gasteiger partial charge in [0.1, 0.15) is 0 Å². The van der Waals surface area contributed by atoms with E-state index in [2.05, 4.69) is 0 Å². The molecule has 1 heterocycles. The van der Waals surface area contributed by atoms with Gasteiger partial charge in [-0.15, -0.1) is 0 Å². The molecule has 0 aromatic heterocycles. The van der Waals surface area contributed by atoms with Crippen LogP contribution >= 0.6 is 0 Å². The van der Waals surface area contributed by atoms with Gasteiger partial charge in [-0.05, 0) is 24.1 Å². The normalized spacial score (nSPS) is 16.3. The Kier molecular flexibility index (Phi) is 3.82.